The highest BCUT2D eigenvalue weighted by atomic mass is 16.7. The summed E-state index contributed by atoms with van der Waals surface area (Å²) < 4.78 is 12.0. The van der Waals surface area contributed by atoms with Crippen LogP contribution in [0.2, 0.25) is 0 Å². The number of piperidine rings is 1. The molecule has 2 rings (SSSR count). The molecule has 0 aromatic rings. The average molecular weight is 242 g/mol. The summed E-state index contributed by atoms with van der Waals surface area (Å²) in [6, 6.07) is 0. The van der Waals surface area contributed by atoms with Crippen molar-refractivity contribution in [3.63, 3.8) is 0 Å². The fourth-order valence-electron chi connectivity index (χ4n) is 3.22. The topological polar surface area (TPSA) is 22.9 Å². The van der Waals surface area contributed by atoms with E-state index in [1.165, 1.54) is 32.4 Å². The third kappa shape index (κ3) is 3.94. The Morgan fingerprint density at radius 3 is 2.59 bits per heavy atom. The molecule has 2 fully saturated rings. The first kappa shape index (κ1) is 13.3. The fraction of sp³-hybridized carbons (Fsp3) is 1.00. The summed E-state index contributed by atoms with van der Waals surface area (Å²) >= 11 is 0. The van der Waals surface area contributed by atoms with Crippen LogP contribution < -0.4 is 4.90 Å². The Bertz CT molecular complexity index is 238. The lowest BCUT2D eigenvalue weighted by Crippen LogP contribution is -3.13. The van der Waals surface area contributed by atoms with Crippen molar-refractivity contribution in [1.82, 2.24) is 0 Å². The number of nitrogens with one attached hydrogen (secondary N) is 1. The molecule has 0 bridgehead atoms. The van der Waals surface area contributed by atoms with Crippen LogP contribution in [0.1, 0.15) is 46.5 Å². The molecule has 2 saturated heterocycles. The van der Waals surface area contributed by atoms with E-state index in [9.17, 15) is 0 Å². The number of likely N-dealkylation sites (tertiary alicyclic amines) is 1. The van der Waals surface area contributed by atoms with Gasteiger partial charge in [-0.3, -0.25) is 0 Å². The van der Waals surface area contributed by atoms with E-state index >= 15 is 0 Å². The summed E-state index contributed by atoms with van der Waals surface area (Å²) in [6.07, 6.45) is 5.49. The van der Waals surface area contributed by atoms with Crippen LogP contribution in [0, 0.1) is 5.92 Å². The van der Waals surface area contributed by atoms with Gasteiger partial charge in [0.1, 0.15) is 12.6 Å². The van der Waals surface area contributed by atoms with Crippen LogP contribution in [-0.4, -0.2) is 38.1 Å². The van der Waals surface area contributed by atoms with Crippen LogP contribution in [0.4, 0.5) is 0 Å². The third-order valence-corrected chi connectivity index (χ3v) is 3.85. The van der Waals surface area contributed by atoms with E-state index in [0.717, 1.165) is 19.6 Å². The second-order valence-electron chi connectivity index (χ2n) is 6.30. The van der Waals surface area contributed by atoms with Crippen molar-refractivity contribution >= 4 is 0 Å². The summed E-state index contributed by atoms with van der Waals surface area (Å²) in [5.74, 6) is 0.301. The van der Waals surface area contributed by atoms with Crippen LogP contribution in [0.5, 0.6) is 0 Å². The van der Waals surface area contributed by atoms with Gasteiger partial charge in [0.25, 0.3) is 0 Å². The molecule has 2 aliphatic heterocycles. The van der Waals surface area contributed by atoms with E-state index in [1.54, 1.807) is 4.90 Å². The minimum Gasteiger partial charge on any atom is -0.347 e. The Kier molecular flexibility index (Phi) is 4.45. The minimum atomic E-state index is -0.325. The summed E-state index contributed by atoms with van der Waals surface area (Å²) in [5, 5.41) is 0. The van der Waals surface area contributed by atoms with Gasteiger partial charge in [-0.2, -0.15) is 0 Å². The predicted octanol–water partition coefficient (Wildman–Crippen LogP) is 1.23. The molecule has 0 radical (unpaired) electrons. The molecular formula is C14H28NO2+. The standard InChI is InChI=1S/C14H27NO2/c1-12(2)9-14(3)16-11-13(17-14)10-15-7-5-4-6-8-15/h12-13H,4-11H2,1-3H3/p+1/t13-,14+/m0/s1. The largest absolute Gasteiger partial charge is 0.347 e. The molecule has 2 atom stereocenters. The smallest absolute Gasteiger partial charge is 0.166 e. The van der Waals surface area contributed by atoms with Crippen LogP contribution in [-0.2, 0) is 9.47 Å². The van der Waals surface area contributed by atoms with Crippen molar-refractivity contribution in [3.05, 3.63) is 0 Å². The van der Waals surface area contributed by atoms with Crippen molar-refractivity contribution in [3.8, 4) is 0 Å². The maximum atomic E-state index is 6.12. The molecule has 0 amide bonds. The molecular weight excluding hydrogens is 214 g/mol. The Hall–Kier alpha value is -0.120. The van der Waals surface area contributed by atoms with Crippen molar-refractivity contribution in [2.75, 3.05) is 26.2 Å². The highest BCUT2D eigenvalue weighted by molar-refractivity contribution is 4.75. The Morgan fingerprint density at radius 2 is 1.94 bits per heavy atom. The van der Waals surface area contributed by atoms with Crippen LogP contribution in [0.3, 0.4) is 0 Å². The minimum absolute atomic E-state index is 0.312. The monoisotopic (exact) mass is 242 g/mol. The van der Waals surface area contributed by atoms with E-state index in [-0.39, 0.29) is 5.79 Å². The van der Waals surface area contributed by atoms with Gasteiger partial charge in [0.2, 0.25) is 0 Å². The van der Waals surface area contributed by atoms with Gasteiger partial charge in [-0.25, -0.2) is 0 Å². The first-order valence-corrected chi connectivity index (χ1v) is 7.23. The van der Waals surface area contributed by atoms with E-state index in [1.807, 2.05) is 0 Å². The number of hydrogen-bond acceptors (Lipinski definition) is 2. The molecule has 0 saturated carbocycles. The quantitative estimate of drug-likeness (QED) is 0.801. The van der Waals surface area contributed by atoms with Gasteiger partial charge >= 0.3 is 0 Å². The van der Waals surface area contributed by atoms with Gasteiger partial charge in [-0.15, -0.1) is 0 Å². The number of quaternary nitrogens is 1. The van der Waals surface area contributed by atoms with Crippen LogP contribution in [0.25, 0.3) is 0 Å². The SMILES string of the molecule is CC(C)C[C@]1(C)OC[C@H](C[NH+]2CCCCC2)O1. The molecule has 0 spiro atoms. The zero-order valence-corrected chi connectivity index (χ0v) is 11.6. The lowest BCUT2D eigenvalue weighted by molar-refractivity contribution is -0.907. The molecule has 0 aliphatic carbocycles. The maximum Gasteiger partial charge on any atom is 0.166 e. The molecule has 1 N–H and O–H groups in total. The molecule has 0 aromatic carbocycles. The molecule has 100 valence electrons. The first-order chi connectivity index (χ1) is 8.07. The normalized spacial score (nSPS) is 35.6. The van der Waals surface area contributed by atoms with Crippen molar-refractivity contribution < 1.29 is 14.4 Å². The molecule has 3 heteroatoms. The summed E-state index contributed by atoms with van der Waals surface area (Å²) in [5.41, 5.74) is 0. The van der Waals surface area contributed by atoms with E-state index in [2.05, 4.69) is 20.8 Å². The average Bonchev–Trinajstić information content (AvgIpc) is 2.60. The van der Waals surface area contributed by atoms with Crippen molar-refractivity contribution in [1.29, 1.82) is 0 Å². The highest BCUT2D eigenvalue weighted by Gasteiger charge is 2.39. The first-order valence-electron chi connectivity index (χ1n) is 7.23. The van der Waals surface area contributed by atoms with Gasteiger partial charge in [-0.1, -0.05) is 13.8 Å². The van der Waals surface area contributed by atoms with E-state index in [4.69, 9.17) is 9.47 Å². The van der Waals surface area contributed by atoms with Crippen LogP contribution in [0.15, 0.2) is 0 Å². The summed E-state index contributed by atoms with van der Waals surface area (Å²) in [7, 11) is 0. The molecule has 0 unspecified atom stereocenters. The second kappa shape index (κ2) is 5.68. The molecule has 0 aromatic heterocycles. The van der Waals surface area contributed by atoms with Gasteiger partial charge in [-0.05, 0) is 32.1 Å². The predicted molar refractivity (Wildman–Crippen MR) is 68.1 cm³/mol. The van der Waals surface area contributed by atoms with E-state index < -0.39 is 0 Å². The fourth-order valence-corrected chi connectivity index (χ4v) is 3.22. The molecule has 3 nitrogen and oxygen atoms in total. The van der Waals surface area contributed by atoms with Gasteiger partial charge < -0.3 is 14.4 Å². The van der Waals surface area contributed by atoms with Crippen molar-refractivity contribution in [2.45, 2.75) is 58.3 Å². The zero-order chi connectivity index (χ0) is 12.3. The molecule has 17 heavy (non-hydrogen) atoms. The highest BCUT2D eigenvalue weighted by Crippen LogP contribution is 2.29. The number of hydrogen-bond donors (Lipinski definition) is 1. The summed E-state index contributed by atoms with van der Waals surface area (Å²) in [6.45, 7) is 11.1. The van der Waals surface area contributed by atoms with Gasteiger partial charge in [0.05, 0.1) is 19.7 Å². The van der Waals surface area contributed by atoms with Gasteiger partial charge in [0, 0.05) is 6.42 Å². The summed E-state index contributed by atoms with van der Waals surface area (Å²) in [4.78, 5) is 1.71. The van der Waals surface area contributed by atoms with Gasteiger partial charge in [0.15, 0.2) is 5.79 Å². The third-order valence-electron chi connectivity index (χ3n) is 3.85. The Labute approximate surface area is 105 Å². The van der Waals surface area contributed by atoms with Crippen molar-refractivity contribution in [2.24, 2.45) is 5.92 Å². The zero-order valence-electron chi connectivity index (χ0n) is 11.6. The van der Waals surface area contributed by atoms with Crippen LogP contribution >= 0.6 is 0 Å². The lowest BCUT2D eigenvalue weighted by atomic mass is 10.0. The number of rotatable bonds is 4. The Balaban J connectivity index is 1.76. The Morgan fingerprint density at radius 1 is 1.24 bits per heavy atom. The number of ether oxygens (including phenoxy) is 2. The molecule has 2 heterocycles. The lowest BCUT2D eigenvalue weighted by Gasteiger charge is -2.27. The van der Waals surface area contributed by atoms with E-state index in [0.29, 0.717) is 12.0 Å². The second-order valence-corrected chi connectivity index (χ2v) is 6.30. The maximum absolute atomic E-state index is 6.12. The molecule has 2 aliphatic rings.